The smallest absolute Gasteiger partial charge is 0.0430 e. The molecule has 0 radical (unpaired) electrons. The fourth-order valence-electron chi connectivity index (χ4n) is 4.36. The van der Waals surface area contributed by atoms with Crippen LogP contribution < -0.4 is 0 Å². The molecule has 0 saturated carbocycles. The van der Waals surface area contributed by atoms with Gasteiger partial charge in [0.05, 0.1) is 0 Å². The minimum atomic E-state index is 1.13. The zero-order valence-electron chi connectivity index (χ0n) is 13.7. The average molecular weight is 345 g/mol. The summed E-state index contributed by atoms with van der Waals surface area (Å²) in [6.07, 6.45) is 2.26. The maximum atomic E-state index is 2.41. The van der Waals surface area contributed by atoms with Crippen molar-refractivity contribution in [3.8, 4) is 43.1 Å². The van der Waals surface area contributed by atoms with Crippen LogP contribution in [0.2, 0.25) is 0 Å². The molecular weight excluding hydrogens is 328 g/mol. The highest BCUT2D eigenvalue weighted by atomic mass is 32.1. The van der Waals surface area contributed by atoms with Gasteiger partial charge in [0.15, 0.2) is 0 Å². The summed E-state index contributed by atoms with van der Waals surface area (Å²) in [4.78, 5) is 5.95. The number of benzene rings is 2. The van der Waals surface area contributed by atoms with Gasteiger partial charge in [-0.2, -0.15) is 0 Å². The van der Waals surface area contributed by atoms with Gasteiger partial charge >= 0.3 is 0 Å². The molecule has 0 unspecified atom stereocenters. The van der Waals surface area contributed by atoms with E-state index in [0.717, 1.165) is 12.8 Å². The van der Waals surface area contributed by atoms with Crippen LogP contribution in [0, 0.1) is 0 Å². The van der Waals surface area contributed by atoms with Gasteiger partial charge in [-0.15, -0.1) is 22.7 Å². The van der Waals surface area contributed by atoms with Crippen LogP contribution in [0.1, 0.15) is 23.6 Å². The van der Waals surface area contributed by atoms with Gasteiger partial charge < -0.3 is 0 Å². The zero-order valence-corrected chi connectivity index (χ0v) is 15.3. The van der Waals surface area contributed by atoms with Crippen molar-refractivity contribution < 1.29 is 0 Å². The summed E-state index contributed by atoms with van der Waals surface area (Å²) in [5, 5.41) is 2.99. The van der Waals surface area contributed by atoms with E-state index < -0.39 is 0 Å². The Morgan fingerprint density at radius 2 is 1.00 bits per heavy atom. The Labute approximate surface area is 149 Å². The molecule has 6 rings (SSSR count). The standard InChI is InChI=1S/C22H16S2/c1-3-11-9-17-13-5-8-16-20-14(18-10-12(4-2)24-22(16)18)6-7-15(19(13)20)21(17)23-11/h5-10H,3-4H2,1-2H3. The second-order valence-corrected chi connectivity index (χ2v) is 8.96. The van der Waals surface area contributed by atoms with Gasteiger partial charge in [0.1, 0.15) is 0 Å². The van der Waals surface area contributed by atoms with Gasteiger partial charge in [-0.3, -0.25) is 0 Å². The van der Waals surface area contributed by atoms with Crippen molar-refractivity contribution in [2.75, 3.05) is 0 Å². The molecule has 2 aliphatic rings. The molecule has 2 heterocycles. The number of rotatable bonds is 2. The van der Waals surface area contributed by atoms with E-state index >= 15 is 0 Å². The van der Waals surface area contributed by atoms with Crippen LogP contribution in [-0.4, -0.2) is 0 Å². The molecular formula is C22H16S2. The first kappa shape index (κ1) is 13.4. The van der Waals surface area contributed by atoms with Crippen LogP contribution in [0.5, 0.6) is 0 Å². The van der Waals surface area contributed by atoms with E-state index in [1.54, 1.807) is 0 Å². The summed E-state index contributed by atoms with van der Waals surface area (Å²) in [5.41, 5.74) is 8.72. The van der Waals surface area contributed by atoms with Crippen molar-refractivity contribution in [3.05, 3.63) is 46.2 Å². The Kier molecular flexibility index (Phi) is 2.45. The summed E-state index contributed by atoms with van der Waals surface area (Å²) in [7, 11) is 0. The molecule has 0 fully saturated rings. The van der Waals surface area contributed by atoms with Crippen molar-refractivity contribution in [2.45, 2.75) is 26.7 Å². The van der Waals surface area contributed by atoms with Crippen LogP contribution in [0.25, 0.3) is 53.9 Å². The molecule has 0 bridgehead atoms. The topological polar surface area (TPSA) is 0 Å². The lowest BCUT2D eigenvalue weighted by Gasteiger charge is -2.07. The van der Waals surface area contributed by atoms with E-state index in [9.17, 15) is 0 Å². The van der Waals surface area contributed by atoms with Crippen molar-refractivity contribution in [3.63, 3.8) is 0 Å². The Hall–Kier alpha value is -1.90. The lowest BCUT2D eigenvalue weighted by Crippen LogP contribution is -1.80. The molecule has 24 heavy (non-hydrogen) atoms. The van der Waals surface area contributed by atoms with Gasteiger partial charge in [-0.1, -0.05) is 38.1 Å². The van der Waals surface area contributed by atoms with Gasteiger partial charge in [-0.05, 0) is 46.9 Å². The highest BCUT2D eigenvalue weighted by Gasteiger charge is 2.31. The van der Waals surface area contributed by atoms with E-state index in [1.807, 2.05) is 22.7 Å². The minimum absolute atomic E-state index is 1.13. The quantitative estimate of drug-likeness (QED) is 0.307. The predicted molar refractivity (Wildman–Crippen MR) is 107 cm³/mol. The molecule has 2 aromatic heterocycles. The molecule has 0 saturated heterocycles. The highest BCUT2D eigenvalue weighted by Crippen LogP contribution is 2.59. The number of thiophene rings is 2. The lowest BCUT2D eigenvalue weighted by atomic mass is 9.98. The summed E-state index contributed by atoms with van der Waals surface area (Å²) < 4.78 is 0. The fourth-order valence-corrected chi connectivity index (χ4v) is 6.64. The first-order valence-corrected chi connectivity index (χ1v) is 10.3. The molecule has 116 valence electrons. The summed E-state index contributed by atoms with van der Waals surface area (Å²) in [6, 6.07) is 14.3. The Morgan fingerprint density at radius 3 is 1.42 bits per heavy atom. The predicted octanol–water partition coefficient (Wildman–Crippen LogP) is 7.38. The van der Waals surface area contributed by atoms with Crippen LogP contribution in [-0.2, 0) is 12.8 Å². The van der Waals surface area contributed by atoms with Crippen LogP contribution in [0.4, 0.5) is 0 Å². The first-order valence-electron chi connectivity index (χ1n) is 8.66. The average Bonchev–Trinajstić information content (AvgIpc) is 3.32. The SMILES string of the molecule is CCc1cc2c(s1)-c1ccc3c4c(ccc-2c14)-c1sc(CC)cc1-3. The molecule has 0 aliphatic heterocycles. The van der Waals surface area contributed by atoms with E-state index in [2.05, 4.69) is 50.2 Å². The number of fused-ring (bicyclic) bond motifs is 6. The normalized spacial score (nSPS) is 12.9. The minimum Gasteiger partial charge on any atom is -0.140 e. The Bertz CT molecular complexity index is 996. The largest absolute Gasteiger partial charge is 0.140 e. The fraction of sp³-hybridized carbons (Fsp3) is 0.182. The van der Waals surface area contributed by atoms with E-state index in [1.165, 1.54) is 63.7 Å². The highest BCUT2D eigenvalue weighted by molar-refractivity contribution is 7.17. The number of aryl methyl sites for hydroxylation is 2. The third kappa shape index (κ3) is 1.41. The van der Waals surface area contributed by atoms with Crippen molar-refractivity contribution in [1.82, 2.24) is 0 Å². The lowest BCUT2D eigenvalue weighted by molar-refractivity contribution is 1.19. The van der Waals surface area contributed by atoms with Crippen molar-refractivity contribution in [1.29, 1.82) is 0 Å². The monoisotopic (exact) mass is 344 g/mol. The van der Waals surface area contributed by atoms with Gasteiger partial charge in [0.2, 0.25) is 0 Å². The van der Waals surface area contributed by atoms with Crippen molar-refractivity contribution >= 4 is 33.4 Å². The Balaban J connectivity index is 1.73. The van der Waals surface area contributed by atoms with Crippen LogP contribution in [0.3, 0.4) is 0 Å². The molecule has 4 aromatic rings. The maximum Gasteiger partial charge on any atom is 0.0430 e. The molecule has 2 heteroatoms. The third-order valence-corrected chi connectivity index (χ3v) is 8.12. The van der Waals surface area contributed by atoms with Gasteiger partial charge in [-0.25, -0.2) is 0 Å². The Morgan fingerprint density at radius 1 is 0.583 bits per heavy atom. The zero-order chi connectivity index (χ0) is 16.0. The number of hydrogen-bond acceptors (Lipinski definition) is 2. The van der Waals surface area contributed by atoms with Crippen molar-refractivity contribution in [2.24, 2.45) is 0 Å². The molecule has 2 aromatic carbocycles. The second kappa shape index (κ2) is 4.38. The molecule has 0 amide bonds. The summed E-state index contributed by atoms with van der Waals surface area (Å²) in [5.74, 6) is 0. The summed E-state index contributed by atoms with van der Waals surface area (Å²) in [6.45, 7) is 4.50. The van der Waals surface area contributed by atoms with E-state index in [4.69, 9.17) is 0 Å². The van der Waals surface area contributed by atoms with Gasteiger partial charge in [0.25, 0.3) is 0 Å². The maximum absolute atomic E-state index is 2.41. The first-order chi connectivity index (χ1) is 11.8. The van der Waals surface area contributed by atoms with Gasteiger partial charge in [0, 0.05) is 41.8 Å². The van der Waals surface area contributed by atoms with E-state index in [-0.39, 0.29) is 0 Å². The molecule has 0 atom stereocenters. The van der Waals surface area contributed by atoms with E-state index in [0.29, 0.717) is 0 Å². The van der Waals surface area contributed by atoms with Crippen LogP contribution >= 0.6 is 22.7 Å². The summed E-state index contributed by atoms with van der Waals surface area (Å²) >= 11 is 3.96. The molecule has 0 N–H and O–H groups in total. The molecule has 0 nitrogen and oxygen atoms in total. The third-order valence-electron chi connectivity index (χ3n) is 5.49. The molecule has 2 aliphatic carbocycles. The second-order valence-electron chi connectivity index (χ2n) is 6.69. The van der Waals surface area contributed by atoms with Crippen LogP contribution in [0.15, 0.2) is 36.4 Å². The number of hydrogen-bond donors (Lipinski definition) is 0. The molecule has 0 spiro atoms.